The second kappa shape index (κ2) is 6.84. The molecule has 0 spiro atoms. The number of aromatic hydroxyl groups is 1. The molecule has 0 radical (unpaired) electrons. The van der Waals surface area contributed by atoms with E-state index in [1.54, 1.807) is 0 Å². The number of phenolic OH excluding ortho intramolecular Hbond substituents is 1. The zero-order valence-corrected chi connectivity index (χ0v) is 15.1. The molecule has 0 saturated carbocycles. The standard InChI is InChI=1S/C21H33NO/c1-4-5-6-7-8-12-22-13-11-21(3)16(2)20(22)14-17-9-10-18(23)15-19(17)21/h9-10,15-16,20,23H,4-8,11-14H2,1-3H3/t16-,20?,21-/m0/s1. The summed E-state index contributed by atoms with van der Waals surface area (Å²) in [6.07, 6.45) is 9.21. The van der Waals surface area contributed by atoms with Crippen LogP contribution in [0.4, 0.5) is 0 Å². The maximum absolute atomic E-state index is 9.91. The van der Waals surface area contributed by atoms with Crippen molar-refractivity contribution in [2.24, 2.45) is 5.92 Å². The number of benzene rings is 1. The molecule has 1 unspecified atom stereocenters. The summed E-state index contributed by atoms with van der Waals surface area (Å²) in [4.78, 5) is 2.76. The van der Waals surface area contributed by atoms with Gasteiger partial charge in [-0.2, -0.15) is 0 Å². The fourth-order valence-corrected chi connectivity index (χ4v) is 4.89. The summed E-state index contributed by atoms with van der Waals surface area (Å²) >= 11 is 0. The molecule has 1 aliphatic heterocycles. The number of likely N-dealkylation sites (tertiary alicyclic amines) is 1. The van der Waals surface area contributed by atoms with Gasteiger partial charge in [-0.05, 0) is 66.9 Å². The molecule has 2 heteroatoms. The Kier molecular flexibility index (Phi) is 5.01. The lowest BCUT2D eigenvalue weighted by molar-refractivity contribution is 0.0302. The summed E-state index contributed by atoms with van der Waals surface area (Å²) in [7, 11) is 0. The molecule has 2 nitrogen and oxygen atoms in total. The van der Waals surface area contributed by atoms with Crippen LogP contribution >= 0.6 is 0 Å². The smallest absolute Gasteiger partial charge is 0.115 e. The highest BCUT2D eigenvalue weighted by molar-refractivity contribution is 5.44. The van der Waals surface area contributed by atoms with E-state index >= 15 is 0 Å². The molecule has 3 atom stereocenters. The minimum atomic E-state index is 0.232. The van der Waals surface area contributed by atoms with Gasteiger partial charge in [0.15, 0.2) is 0 Å². The number of nitrogens with zero attached hydrogens (tertiary/aromatic N) is 1. The third kappa shape index (κ3) is 3.15. The lowest BCUT2D eigenvalue weighted by Gasteiger charge is -2.54. The second-order valence-corrected chi connectivity index (χ2v) is 8.02. The Bertz CT molecular complexity index is 541. The van der Waals surface area contributed by atoms with Gasteiger partial charge in [0.05, 0.1) is 0 Å². The Hall–Kier alpha value is -1.02. The summed E-state index contributed by atoms with van der Waals surface area (Å²) in [6, 6.07) is 6.73. The molecular weight excluding hydrogens is 282 g/mol. The van der Waals surface area contributed by atoms with Gasteiger partial charge in [-0.25, -0.2) is 0 Å². The molecule has 1 saturated heterocycles. The number of hydrogen-bond acceptors (Lipinski definition) is 2. The van der Waals surface area contributed by atoms with Gasteiger partial charge in [-0.3, -0.25) is 4.90 Å². The van der Waals surface area contributed by atoms with Gasteiger partial charge < -0.3 is 5.11 Å². The van der Waals surface area contributed by atoms with Crippen LogP contribution in [0.5, 0.6) is 5.75 Å². The van der Waals surface area contributed by atoms with Crippen LogP contribution in [0.25, 0.3) is 0 Å². The van der Waals surface area contributed by atoms with Crippen molar-refractivity contribution in [1.82, 2.24) is 4.90 Å². The van der Waals surface area contributed by atoms with Crippen LogP contribution in [0, 0.1) is 5.92 Å². The van der Waals surface area contributed by atoms with Crippen LogP contribution in [-0.2, 0) is 11.8 Å². The van der Waals surface area contributed by atoms with E-state index in [-0.39, 0.29) is 5.41 Å². The zero-order valence-electron chi connectivity index (χ0n) is 15.1. The molecule has 1 heterocycles. The van der Waals surface area contributed by atoms with E-state index in [1.807, 2.05) is 12.1 Å². The van der Waals surface area contributed by atoms with E-state index in [2.05, 4.69) is 31.7 Å². The Morgan fingerprint density at radius 3 is 2.78 bits per heavy atom. The third-order valence-electron chi connectivity index (χ3n) is 6.66. The van der Waals surface area contributed by atoms with Crippen molar-refractivity contribution in [3.05, 3.63) is 29.3 Å². The van der Waals surface area contributed by atoms with Crippen molar-refractivity contribution in [2.45, 2.75) is 77.2 Å². The molecule has 1 aromatic carbocycles. The van der Waals surface area contributed by atoms with Gasteiger partial charge in [0.2, 0.25) is 0 Å². The molecule has 2 bridgehead atoms. The molecule has 23 heavy (non-hydrogen) atoms. The first-order chi connectivity index (χ1) is 11.1. The second-order valence-electron chi connectivity index (χ2n) is 8.02. The largest absolute Gasteiger partial charge is 0.508 e. The van der Waals surface area contributed by atoms with Gasteiger partial charge in [0, 0.05) is 6.04 Å². The summed E-state index contributed by atoms with van der Waals surface area (Å²) in [5.74, 6) is 1.09. The van der Waals surface area contributed by atoms with Crippen LogP contribution in [0.1, 0.15) is 70.4 Å². The third-order valence-corrected chi connectivity index (χ3v) is 6.66. The molecule has 0 aromatic heterocycles. The average molecular weight is 316 g/mol. The highest BCUT2D eigenvalue weighted by atomic mass is 16.3. The molecule has 0 amide bonds. The first-order valence-corrected chi connectivity index (χ1v) is 9.62. The quantitative estimate of drug-likeness (QED) is 0.756. The van der Waals surface area contributed by atoms with Crippen LogP contribution in [-0.4, -0.2) is 29.1 Å². The van der Waals surface area contributed by atoms with Crippen molar-refractivity contribution < 1.29 is 5.11 Å². The van der Waals surface area contributed by atoms with Gasteiger partial charge >= 0.3 is 0 Å². The molecule has 3 rings (SSSR count). The highest BCUT2D eigenvalue weighted by Crippen LogP contribution is 2.49. The number of fused-ring (bicyclic) bond motifs is 4. The van der Waals surface area contributed by atoms with Gasteiger partial charge in [0.1, 0.15) is 5.75 Å². The maximum Gasteiger partial charge on any atom is 0.115 e. The predicted octanol–water partition coefficient (Wildman–Crippen LogP) is 4.89. The van der Waals surface area contributed by atoms with Crippen LogP contribution in [0.15, 0.2) is 18.2 Å². The maximum atomic E-state index is 9.91. The van der Waals surface area contributed by atoms with E-state index in [1.165, 1.54) is 62.7 Å². The van der Waals surface area contributed by atoms with Gasteiger partial charge in [-0.15, -0.1) is 0 Å². The van der Waals surface area contributed by atoms with Crippen LogP contribution in [0.2, 0.25) is 0 Å². The fourth-order valence-electron chi connectivity index (χ4n) is 4.89. The minimum absolute atomic E-state index is 0.232. The van der Waals surface area contributed by atoms with E-state index in [0.29, 0.717) is 17.7 Å². The average Bonchev–Trinajstić information content (AvgIpc) is 2.53. The van der Waals surface area contributed by atoms with Crippen molar-refractivity contribution in [3.63, 3.8) is 0 Å². The molecule has 1 N–H and O–H groups in total. The SMILES string of the molecule is CCCCCCCN1CC[C@]2(C)c3cc(O)ccc3CC1[C@@H]2C. The van der Waals surface area contributed by atoms with Crippen molar-refractivity contribution >= 4 is 0 Å². The van der Waals surface area contributed by atoms with Crippen molar-refractivity contribution in [2.75, 3.05) is 13.1 Å². The van der Waals surface area contributed by atoms with Crippen molar-refractivity contribution in [3.8, 4) is 5.75 Å². The topological polar surface area (TPSA) is 23.5 Å². The molecule has 128 valence electrons. The van der Waals surface area contributed by atoms with Gasteiger partial charge in [-0.1, -0.05) is 52.5 Å². The van der Waals surface area contributed by atoms with E-state index in [9.17, 15) is 5.11 Å². The first kappa shape index (κ1) is 16.8. The summed E-state index contributed by atoms with van der Waals surface area (Å²) in [6.45, 7) is 9.61. The van der Waals surface area contributed by atoms with Crippen molar-refractivity contribution in [1.29, 1.82) is 0 Å². The Balaban J connectivity index is 1.71. The molecule has 1 fully saturated rings. The Morgan fingerprint density at radius 1 is 1.22 bits per heavy atom. The van der Waals surface area contributed by atoms with E-state index in [0.717, 1.165) is 6.42 Å². The number of rotatable bonds is 6. The predicted molar refractivity (Wildman–Crippen MR) is 97.1 cm³/mol. The minimum Gasteiger partial charge on any atom is -0.508 e. The summed E-state index contributed by atoms with van der Waals surface area (Å²) in [5, 5.41) is 9.91. The first-order valence-electron chi connectivity index (χ1n) is 9.62. The summed E-state index contributed by atoms with van der Waals surface area (Å²) < 4.78 is 0. The molecule has 1 aliphatic carbocycles. The lowest BCUT2D eigenvalue weighted by atomic mass is 9.59. The Labute approximate surface area is 141 Å². The molecule has 1 aromatic rings. The van der Waals surface area contributed by atoms with Crippen LogP contribution in [0.3, 0.4) is 0 Å². The Morgan fingerprint density at radius 2 is 2.00 bits per heavy atom. The lowest BCUT2D eigenvalue weighted by Crippen LogP contribution is -2.58. The normalized spacial score (nSPS) is 30.2. The summed E-state index contributed by atoms with van der Waals surface area (Å²) in [5.41, 5.74) is 3.10. The molecular formula is C21H33NO. The van der Waals surface area contributed by atoms with Gasteiger partial charge in [0.25, 0.3) is 0 Å². The van der Waals surface area contributed by atoms with Crippen LogP contribution < -0.4 is 0 Å². The fraction of sp³-hybridized carbons (Fsp3) is 0.714. The highest BCUT2D eigenvalue weighted by Gasteiger charge is 2.48. The number of hydrogen-bond donors (Lipinski definition) is 1. The molecule has 2 aliphatic rings. The number of phenols is 1. The zero-order chi connectivity index (χ0) is 16.4. The number of unbranched alkanes of at least 4 members (excludes halogenated alkanes) is 4. The van der Waals surface area contributed by atoms with E-state index in [4.69, 9.17) is 0 Å². The monoisotopic (exact) mass is 315 g/mol. The number of piperidine rings is 1. The van der Waals surface area contributed by atoms with E-state index < -0.39 is 0 Å².